The summed E-state index contributed by atoms with van der Waals surface area (Å²) in [5.74, 6) is -0.0373. The smallest absolute Gasteiger partial charge is 0.369 e. The number of carbonyl (C=O) groups excluding carboxylic acids is 2. The lowest BCUT2D eigenvalue weighted by Gasteiger charge is -2.40. The Hall–Kier alpha value is -3.18. The van der Waals surface area contributed by atoms with Crippen molar-refractivity contribution in [3.63, 3.8) is 0 Å². The summed E-state index contributed by atoms with van der Waals surface area (Å²) in [6, 6.07) is 8.93. The number of piperidine rings is 2. The second kappa shape index (κ2) is 11.8. The highest BCUT2D eigenvalue weighted by Crippen LogP contribution is 2.42. The fourth-order valence-corrected chi connectivity index (χ4v) is 6.26. The van der Waals surface area contributed by atoms with Gasteiger partial charge in [0.15, 0.2) is 0 Å². The van der Waals surface area contributed by atoms with Crippen molar-refractivity contribution in [1.82, 2.24) is 14.8 Å². The van der Waals surface area contributed by atoms with E-state index in [1.54, 1.807) is 26.2 Å². The standard InChI is InChI=1S/C30H35ClF3N5O3/c1-37(2)27(40)23-6-7-25(36-26(23)31)38-12-8-19(9-13-38)16-20-10-14-39(15-11-20)28(41)29(42,30(32,33)34)22-5-3-4-21(17-22)24-18-35-24/h3-7,17,19-20,42H,8-16,18H2,1-2H3. The molecule has 8 nitrogen and oxygen atoms in total. The zero-order valence-corrected chi connectivity index (χ0v) is 24.5. The van der Waals surface area contributed by atoms with Crippen molar-refractivity contribution in [1.29, 1.82) is 0 Å². The molecule has 1 aromatic heterocycles. The van der Waals surface area contributed by atoms with Gasteiger partial charge in [-0.15, -0.1) is 0 Å². The Morgan fingerprint density at radius 1 is 1.02 bits per heavy atom. The normalized spacial score (nSPS) is 19.7. The number of alkyl halides is 3. The second-order valence-corrected chi connectivity index (χ2v) is 12.0. The predicted octanol–water partition coefficient (Wildman–Crippen LogP) is 4.53. The molecule has 5 rings (SSSR count). The largest absolute Gasteiger partial charge is 0.430 e. The van der Waals surface area contributed by atoms with Crippen LogP contribution in [-0.4, -0.2) is 90.4 Å². The topological polar surface area (TPSA) is 89.3 Å². The highest BCUT2D eigenvalue weighted by atomic mass is 35.5. The number of pyridine rings is 1. The van der Waals surface area contributed by atoms with Crippen molar-refractivity contribution in [3.05, 3.63) is 58.2 Å². The molecular weight excluding hydrogens is 571 g/mol. The first kappa shape index (κ1) is 30.3. The van der Waals surface area contributed by atoms with E-state index in [9.17, 15) is 27.9 Å². The van der Waals surface area contributed by atoms with Crippen LogP contribution < -0.4 is 4.90 Å². The van der Waals surface area contributed by atoms with Crippen LogP contribution >= 0.6 is 11.6 Å². The number of hydrogen-bond donors (Lipinski definition) is 1. The van der Waals surface area contributed by atoms with Crippen LogP contribution in [0.25, 0.3) is 0 Å². The van der Waals surface area contributed by atoms with Crippen LogP contribution in [0.15, 0.2) is 41.4 Å². The Labute approximate surface area is 248 Å². The predicted molar refractivity (Wildman–Crippen MR) is 154 cm³/mol. The molecule has 4 heterocycles. The molecule has 1 N–H and O–H groups in total. The maximum absolute atomic E-state index is 14.2. The van der Waals surface area contributed by atoms with Gasteiger partial charge in [-0.05, 0) is 67.7 Å². The van der Waals surface area contributed by atoms with E-state index in [4.69, 9.17) is 11.6 Å². The van der Waals surface area contributed by atoms with Crippen LogP contribution in [0.1, 0.15) is 53.6 Å². The summed E-state index contributed by atoms with van der Waals surface area (Å²) in [7, 11) is 3.32. The first-order chi connectivity index (χ1) is 19.9. The number of amides is 2. The highest BCUT2D eigenvalue weighted by molar-refractivity contribution is 6.32. The lowest BCUT2D eigenvalue weighted by atomic mass is 9.82. The molecule has 2 aromatic rings. The molecule has 0 radical (unpaired) electrons. The molecule has 226 valence electrons. The average Bonchev–Trinajstić information content (AvgIpc) is 3.82. The van der Waals surface area contributed by atoms with Crippen LogP contribution in [-0.2, 0) is 10.4 Å². The van der Waals surface area contributed by atoms with E-state index >= 15 is 0 Å². The minimum atomic E-state index is -5.17. The van der Waals surface area contributed by atoms with Crippen molar-refractivity contribution in [2.75, 3.05) is 51.7 Å². The van der Waals surface area contributed by atoms with E-state index in [0.717, 1.165) is 49.1 Å². The molecule has 3 aliphatic rings. The number of nitrogens with zero attached hydrogens (tertiary/aromatic N) is 5. The Kier molecular flexibility index (Phi) is 8.53. The molecule has 0 aliphatic carbocycles. The van der Waals surface area contributed by atoms with E-state index in [1.165, 1.54) is 17.0 Å². The summed E-state index contributed by atoms with van der Waals surface area (Å²) in [5.41, 5.74) is -2.57. The number of hydrogen-bond acceptors (Lipinski definition) is 6. The van der Waals surface area contributed by atoms with Gasteiger partial charge in [-0.1, -0.05) is 29.8 Å². The van der Waals surface area contributed by atoms with Crippen molar-refractivity contribution >= 4 is 34.9 Å². The van der Waals surface area contributed by atoms with Gasteiger partial charge in [0.2, 0.25) is 0 Å². The van der Waals surface area contributed by atoms with E-state index in [0.29, 0.717) is 48.1 Å². The third kappa shape index (κ3) is 6.13. The number of aliphatic imine (C=N–C) groups is 1. The highest BCUT2D eigenvalue weighted by Gasteiger charge is 2.62. The molecule has 1 aromatic carbocycles. The van der Waals surface area contributed by atoms with E-state index in [2.05, 4.69) is 14.9 Å². The number of benzene rings is 1. The Bertz CT molecular complexity index is 1370. The van der Waals surface area contributed by atoms with Gasteiger partial charge in [-0.2, -0.15) is 13.2 Å². The molecular formula is C30H35ClF3N5O3. The second-order valence-electron chi connectivity index (χ2n) is 11.7. The number of anilines is 1. The van der Waals surface area contributed by atoms with Crippen LogP contribution in [0, 0.1) is 11.8 Å². The van der Waals surface area contributed by atoms with Crippen LogP contribution in [0.2, 0.25) is 5.15 Å². The lowest BCUT2D eigenvalue weighted by molar-refractivity contribution is -0.262. The number of aliphatic hydroxyl groups is 1. The van der Waals surface area contributed by atoms with Gasteiger partial charge in [0, 0.05) is 45.8 Å². The van der Waals surface area contributed by atoms with Gasteiger partial charge in [0.05, 0.1) is 17.8 Å². The van der Waals surface area contributed by atoms with Crippen molar-refractivity contribution in [2.45, 2.75) is 43.9 Å². The summed E-state index contributed by atoms with van der Waals surface area (Å²) in [5, 5.41) is 11.1. The number of halogens is 4. The number of rotatable bonds is 7. The van der Waals surface area contributed by atoms with Gasteiger partial charge >= 0.3 is 6.18 Å². The van der Waals surface area contributed by atoms with Gasteiger partial charge in [-0.25, -0.2) is 4.98 Å². The van der Waals surface area contributed by atoms with E-state index < -0.39 is 23.2 Å². The molecule has 1 unspecified atom stereocenters. The molecule has 12 heteroatoms. The molecule has 2 fully saturated rings. The lowest BCUT2D eigenvalue weighted by Crippen LogP contribution is -2.57. The van der Waals surface area contributed by atoms with E-state index in [-0.39, 0.29) is 24.1 Å². The summed E-state index contributed by atoms with van der Waals surface area (Å²) in [6.07, 6.45) is -1.17. The summed E-state index contributed by atoms with van der Waals surface area (Å²) < 4.78 is 42.7. The number of carbonyl (C=O) groups is 2. The molecule has 2 saturated heterocycles. The van der Waals surface area contributed by atoms with Crippen LogP contribution in [0.4, 0.5) is 19.0 Å². The zero-order valence-electron chi connectivity index (χ0n) is 23.7. The summed E-state index contributed by atoms with van der Waals surface area (Å²) >= 11 is 6.29. The summed E-state index contributed by atoms with van der Waals surface area (Å²) in [4.78, 5) is 38.7. The fourth-order valence-electron chi connectivity index (χ4n) is 6.03. The Balaban J connectivity index is 1.15. The molecule has 0 spiro atoms. The Morgan fingerprint density at radius 2 is 1.64 bits per heavy atom. The zero-order chi connectivity index (χ0) is 30.2. The molecule has 1 atom stereocenters. The fraction of sp³-hybridized carbons (Fsp3) is 0.533. The van der Waals surface area contributed by atoms with Gasteiger partial charge in [-0.3, -0.25) is 14.6 Å². The molecule has 0 bridgehead atoms. The maximum atomic E-state index is 14.2. The quantitative estimate of drug-likeness (QED) is 0.469. The minimum absolute atomic E-state index is 0.174. The van der Waals surface area contributed by atoms with E-state index in [1.807, 2.05) is 6.07 Å². The van der Waals surface area contributed by atoms with Crippen LogP contribution in [0.3, 0.4) is 0 Å². The first-order valence-electron chi connectivity index (χ1n) is 14.2. The third-order valence-corrected chi connectivity index (χ3v) is 8.92. The number of aromatic nitrogens is 1. The van der Waals surface area contributed by atoms with Crippen molar-refractivity contribution in [3.8, 4) is 0 Å². The van der Waals surface area contributed by atoms with Crippen molar-refractivity contribution < 1.29 is 27.9 Å². The van der Waals surface area contributed by atoms with Crippen LogP contribution in [0.5, 0.6) is 0 Å². The first-order valence-corrected chi connectivity index (χ1v) is 14.6. The van der Waals surface area contributed by atoms with Gasteiger partial charge in [0.25, 0.3) is 17.4 Å². The van der Waals surface area contributed by atoms with Gasteiger partial charge in [0.1, 0.15) is 11.0 Å². The van der Waals surface area contributed by atoms with Crippen molar-refractivity contribution in [2.24, 2.45) is 16.8 Å². The SMILES string of the molecule is CN(C)C(=O)c1ccc(N2CCC(CC3CCN(C(=O)C(O)(c4cccc(C5=NC5)c4)C(F)(F)F)CC3)CC2)nc1Cl. The molecule has 2 amide bonds. The minimum Gasteiger partial charge on any atom is -0.369 e. The maximum Gasteiger partial charge on any atom is 0.430 e. The monoisotopic (exact) mass is 605 g/mol. The average molecular weight is 606 g/mol. The Morgan fingerprint density at radius 3 is 2.19 bits per heavy atom. The van der Waals surface area contributed by atoms with Gasteiger partial charge < -0.3 is 19.8 Å². The molecule has 0 saturated carbocycles. The number of likely N-dealkylation sites (tertiary alicyclic amines) is 1. The summed E-state index contributed by atoms with van der Waals surface area (Å²) in [6.45, 7) is 2.37. The molecule has 3 aliphatic heterocycles. The third-order valence-electron chi connectivity index (χ3n) is 8.63. The molecule has 42 heavy (non-hydrogen) atoms.